The summed E-state index contributed by atoms with van der Waals surface area (Å²) in [6.45, 7) is 3.43. The molecular formula is C14H15FN2O2S. The van der Waals surface area contributed by atoms with E-state index in [0.717, 1.165) is 17.7 Å². The minimum absolute atomic E-state index is 0.0306. The SMILES string of the molecule is Cc1ccc(NS(=O)(=O)c2cc(N)c(F)cc2C)cc1. The van der Waals surface area contributed by atoms with Crippen LogP contribution in [0, 0.1) is 19.7 Å². The summed E-state index contributed by atoms with van der Waals surface area (Å²) in [5.41, 5.74) is 7.01. The van der Waals surface area contributed by atoms with E-state index in [2.05, 4.69) is 4.72 Å². The van der Waals surface area contributed by atoms with Gasteiger partial charge in [-0.2, -0.15) is 0 Å². The third-order valence-corrected chi connectivity index (χ3v) is 4.41. The highest BCUT2D eigenvalue weighted by Gasteiger charge is 2.19. The Morgan fingerprint density at radius 3 is 2.30 bits per heavy atom. The van der Waals surface area contributed by atoms with Crippen LogP contribution in [0.5, 0.6) is 0 Å². The Balaban J connectivity index is 2.40. The van der Waals surface area contributed by atoms with Gasteiger partial charge in [0.2, 0.25) is 0 Å². The molecule has 0 spiro atoms. The molecule has 3 N–H and O–H groups in total. The van der Waals surface area contributed by atoms with Gasteiger partial charge in [0.05, 0.1) is 10.6 Å². The molecular weight excluding hydrogens is 279 g/mol. The van der Waals surface area contributed by atoms with E-state index in [0.29, 0.717) is 11.3 Å². The second-order valence-electron chi connectivity index (χ2n) is 4.61. The molecule has 0 unspecified atom stereocenters. The Hall–Kier alpha value is -2.08. The van der Waals surface area contributed by atoms with Gasteiger partial charge in [-0.25, -0.2) is 12.8 Å². The lowest BCUT2D eigenvalue weighted by Crippen LogP contribution is -2.15. The summed E-state index contributed by atoms with van der Waals surface area (Å²) in [6, 6.07) is 9.15. The van der Waals surface area contributed by atoms with E-state index in [4.69, 9.17) is 5.73 Å². The van der Waals surface area contributed by atoms with Gasteiger partial charge in [-0.15, -0.1) is 0 Å². The van der Waals surface area contributed by atoms with E-state index in [1.165, 1.54) is 6.92 Å². The highest BCUT2D eigenvalue weighted by Crippen LogP contribution is 2.24. The summed E-state index contributed by atoms with van der Waals surface area (Å²) >= 11 is 0. The van der Waals surface area contributed by atoms with E-state index < -0.39 is 15.8 Å². The molecule has 0 bridgehead atoms. The molecule has 2 aromatic carbocycles. The van der Waals surface area contributed by atoms with Crippen molar-refractivity contribution in [1.29, 1.82) is 0 Å². The highest BCUT2D eigenvalue weighted by atomic mass is 32.2. The van der Waals surface area contributed by atoms with Crippen LogP contribution >= 0.6 is 0 Å². The first kappa shape index (κ1) is 14.3. The summed E-state index contributed by atoms with van der Waals surface area (Å²) in [5, 5.41) is 0. The molecule has 2 rings (SSSR count). The van der Waals surface area contributed by atoms with Crippen LogP contribution in [0.15, 0.2) is 41.3 Å². The number of nitrogens with two attached hydrogens (primary N) is 1. The van der Waals surface area contributed by atoms with E-state index in [-0.39, 0.29) is 10.6 Å². The summed E-state index contributed by atoms with van der Waals surface area (Å²) in [6.07, 6.45) is 0. The van der Waals surface area contributed by atoms with Crippen LogP contribution in [0.25, 0.3) is 0 Å². The van der Waals surface area contributed by atoms with Crippen LogP contribution in [0.3, 0.4) is 0 Å². The Morgan fingerprint density at radius 2 is 1.70 bits per heavy atom. The fourth-order valence-electron chi connectivity index (χ4n) is 1.79. The zero-order valence-corrected chi connectivity index (χ0v) is 12.0. The molecule has 106 valence electrons. The Kier molecular flexibility index (Phi) is 3.67. The largest absolute Gasteiger partial charge is 0.396 e. The van der Waals surface area contributed by atoms with Crippen LogP contribution in [-0.2, 0) is 10.0 Å². The molecule has 6 heteroatoms. The van der Waals surface area contributed by atoms with Crippen molar-refractivity contribution in [3.63, 3.8) is 0 Å². The second-order valence-corrected chi connectivity index (χ2v) is 6.26. The van der Waals surface area contributed by atoms with Crippen molar-refractivity contribution in [3.05, 3.63) is 53.3 Å². The van der Waals surface area contributed by atoms with Crippen molar-refractivity contribution in [2.75, 3.05) is 10.5 Å². The van der Waals surface area contributed by atoms with Gasteiger partial charge >= 0.3 is 0 Å². The Bertz CT molecular complexity index is 741. The van der Waals surface area contributed by atoms with Gasteiger partial charge in [0.15, 0.2) is 0 Å². The van der Waals surface area contributed by atoms with Crippen molar-refractivity contribution >= 4 is 21.4 Å². The first-order valence-corrected chi connectivity index (χ1v) is 7.43. The number of rotatable bonds is 3. The predicted octanol–water partition coefficient (Wildman–Crippen LogP) is 2.83. The van der Waals surface area contributed by atoms with Gasteiger partial charge < -0.3 is 5.73 Å². The lowest BCUT2D eigenvalue weighted by atomic mass is 10.2. The van der Waals surface area contributed by atoms with Crippen molar-refractivity contribution in [2.24, 2.45) is 0 Å². The quantitative estimate of drug-likeness (QED) is 0.855. The van der Waals surface area contributed by atoms with Crippen LogP contribution in [0.1, 0.15) is 11.1 Å². The fourth-order valence-corrected chi connectivity index (χ4v) is 3.11. The maximum absolute atomic E-state index is 13.3. The summed E-state index contributed by atoms with van der Waals surface area (Å²) < 4.78 is 40.3. The van der Waals surface area contributed by atoms with Crippen molar-refractivity contribution < 1.29 is 12.8 Å². The minimum atomic E-state index is -3.79. The fraction of sp³-hybridized carbons (Fsp3) is 0.143. The maximum Gasteiger partial charge on any atom is 0.262 e. The molecule has 0 aromatic heterocycles. The van der Waals surface area contributed by atoms with Crippen LogP contribution in [0.4, 0.5) is 15.8 Å². The third-order valence-electron chi connectivity index (χ3n) is 2.89. The Labute approximate surface area is 117 Å². The molecule has 4 nitrogen and oxygen atoms in total. The molecule has 2 aromatic rings. The normalized spacial score (nSPS) is 11.3. The molecule has 0 aliphatic rings. The first-order valence-electron chi connectivity index (χ1n) is 5.95. The molecule has 0 aliphatic carbocycles. The molecule has 0 fully saturated rings. The summed E-state index contributed by atoms with van der Waals surface area (Å²) in [7, 11) is -3.79. The summed E-state index contributed by atoms with van der Waals surface area (Å²) in [4.78, 5) is -0.0306. The number of hydrogen-bond donors (Lipinski definition) is 2. The van der Waals surface area contributed by atoms with Gasteiger partial charge in [0.1, 0.15) is 5.82 Å². The number of sulfonamides is 1. The number of aryl methyl sites for hydroxylation is 2. The lowest BCUT2D eigenvalue weighted by molar-refractivity contribution is 0.599. The lowest BCUT2D eigenvalue weighted by Gasteiger charge is -2.11. The van der Waals surface area contributed by atoms with Gasteiger partial charge in [-0.1, -0.05) is 17.7 Å². The molecule has 0 amide bonds. The molecule has 0 saturated heterocycles. The molecule has 0 atom stereocenters. The number of nitrogen functional groups attached to an aromatic ring is 1. The zero-order chi connectivity index (χ0) is 14.9. The van der Waals surface area contributed by atoms with Crippen LogP contribution in [0.2, 0.25) is 0 Å². The number of halogens is 1. The molecule has 20 heavy (non-hydrogen) atoms. The highest BCUT2D eigenvalue weighted by molar-refractivity contribution is 7.92. The van der Waals surface area contributed by atoms with Crippen LogP contribution < -0.4 is 10.5 Å². The smallest absolute Gasteiger partial charge is 0.262 e. The van der Waals surface area contributed by atoms with E-state index in [9.17, 15) is 12.8 Å². The number of nitrogens with one attached hydrogen (secondary N) is 1. The van der Waals surface area contributed by atoms with Crippen molar-refractivity contribution in [3.8, 4) is 0 Å². The predicted molar refractivity (Wildman–Crippen MR) is 77.5 cm³/mol. The first-order chi connectivity index (χ1) is 9.29. The maximum atomic E-state index is 13.3. The van der Waals surface area contributed by atoms with E-state index in [1.54, 1.807) is 24.3 Å². The van der Waals surface area contributed by atoms with Gasteiger partial charge in [0, 0.05) is 5.69 Å². The van der Waals surface area contributed by atoms with Gasteiger partial charge in [-0.3, -0.25) is 4.72 Å². The second kappa shape index (κ2) is 5.13. The van der Waals surface area contributed by atoms with Gasteiger partial charge in [0.25, 0.3) is 10.0 Å². The number of hydrogen-bond acceptors (Lipinski definition) is 3. The minimum Gasteiger partial charge on any atom is -0.396 e. The van der Waals surface area contributed by atoms with Gasteiger partial charge in [-0.05, 0) is 43.7 Å². The summed E-state index contributed by atoms with van der Waals surface area (Å²) in [5.74, 6) is -0.628. The third kappa shape index (κ3) is 2.91. The molecule has 0 radical (unpaired) electrons. The number of benzene rings is 2. The monoisotopic (exact) mass is 294 g/mol. The Morgan fingerprint density at radius 1 is 1.10 bits per heavy atom. The number of anilines is 2. The zero-order valence-electron chi connectivity index (χ0n) is 11.1. The van der Waals surface area contributed by atoms with Crippen LogP contribution in [-0.4, -0.2) is 8.42 Å². The standard InChI is InChI=1S/C14H15FN2O2S/c1-9-3-5-11(6-4-9)17-20(18,19)14-8-13(16)12(15)7-10(14)2/h3-8,17H,16H2,1-2H3. The average Bonchev–Trinajstić information content (AvgIpc) is 2.36. The van der Waals surface area contributed by atoms with E-state index in [1.807, 2.05) is 6.92 Å². The molecule has 0 heterocycles. The van der Waals surface area contributed by atoms with E-state index >= 15 is 0 Å². The molecule has 0 aliphatic heterocycles. The molecule has 0 saturated carbocycles. The topological polar surface area (TPSA) is 72.2 Å². The van der Waals surface area contributed by atoms with Crippen molar-refractivity contribution in [2.45, 2.75) is 18.7 Å². The van der Waals surface area contributed by atoms with Crippen molar-refractivity contribution in [1.82, 2.24) is 0 Å². The average molecular weight is 294 g/mol.